The van der Waals surface area contributed by atoms with Crippen molar-refractivity contribution in [3.05, 3.63) is 77.8 Å². The van der Waals surface area contributed by atoms with Crippen molar-refractivity contribution in [2.24, 2.45) is 0 Å². The minimum absolute atomic E-state index is 0.0908. The Morgan fingerprint density at radius 1 is 1.29 bits per heavy atom. The Bertz CT molecular complexity index is 1240. The number of halogens is 1. The van der Waals surface area contributed by atoms with E-state index in [1.54, 1.807) is 23.1 Å². The summed E-state index contributed by atoms with van der Waals surface area (Å²) in [6, 6.07) is 14.4. The molecular formula is C25H23FN4O. The molecule has 3 aromatic rings. The highest BCUT2D eigenvalue weighted by molar-refractivity contribution is 6.06. The van der Waals surface area contributed by atoms with E-state index in [0.717, 1.165) is 42.4 Å². The molecule has 0 saturated carbocycles. The number of carbonyl (C=O) groups excluding carboxylic acids is 1. The fourth-order valence-electron chi connectivity index (χ4n) is 5.08. The average Bonchev–Trinajstić information content (AvgIpc) is 3.30. The van der Waals surface area contributed by atoms with E-state index in [-0.39, 0.29) is 17.8 Å². The van der Waals surface area contributed by atoms with Crippen molar-refractivity contribution in [1.29, 1.82) is 5.26 Å². The van der Waals surface area contributed by atoms with Gasteiger partial charge in [0.15, 0.2) is 0 Å². The summed E-state index contributed by atoms with van der Waals surface area (Å²) in [6.07, 6.45) is 7.19. The van der Waals surface area contributed by atoms with Crippen LogP contribution >= 0.6 is 0 Å². The van der Waals surface area contributed by atoms with E-state index in [2.05, 4.69) is 22.9 Å². The molecule has 1 spiro atoms. The predicted molar refractivity (Wildman–Crippen MR) is 118 cm³/mol. The van der Waals surface area contributed by atoms with Crippen molar-refractivity contribution in [2.75, 3.05) is 11.4 Å². The summed E-state index contributed by atoms with van der Waals surface area (Å²) in [5, 5.41) is 10.3. The summed E-state index contributed by atoms with van der Waals surface area (Å²) < 4.78 is 13.8. The quantitative estimate of drug-likeness (QED) is 0.686. The van der Waals surface area contributed by atoms with Crippen LogP contribution in [0.1, 0.15) is 30.9 Å². The van der Waals surface area contributed by atoms with E-state index >= 15 is 0 Å². The Hall–Kier alpha value is -3.43. The van der Waals surface area contributed by atoms with Gasteiger partial charge in [0.05, 0.1) is 17.2 Å². The highest BCUT2D eigenvalue weighted by Crippen LogP contribution is 2.41. The maximum Gasteiger partial charge on any atom is 0.251 e. The van der Waals surface area contributed by atoms with Gasteiger partial charge >= 0.3 is 0 Å². The van der Waals surface area contributed by atoms with Gasteiger partial charge in [-0.15, -0.1) is 0 Å². The molecule has 2 aliphatic heterocycles. The van der Waals surface area contributed by atoms with E-state index in [1.165, 1.54) is 12.1 Å². The van der Waals surface area contributed by atoms with Crippen LogP contribution in [0.5, 0.6) is 0 Å². The smallest absolute Gasteiger partial charge is 0.251 e. The molecular weight excluding hydrogens is 391 g/mol. The molecule has 2 atom stereocenters. The molecule has 3 heterocycles. The lowest BCUT2D eigenvalue weighted by atomic mass is 9.82. The van der Waals surface area contributed by atoms with Crippen molar-refractivity contribution in [2.45, 2.75) is 37.9 Å². The molecule has 0 radical (unpaired) electrons. The van der Waals surface area contributed by atoms with Crippen LogP contribution in [0.4, 0.5) is 10.1 Å². The number of rotatable bonds is 3. The fourth-order valence-corrected chi connectivity index (χ4v) is 5.08. The van der Waals surface area contributed by atoms with Crippen molar-refractivity contribution in [3.8, 4) is 6.07 Å². The van der Waals surface area contributed by atoms with Crippen molar-refractivity contribution in [3.63, 3.8) is 0 Å². The molecule has 1 amide bonds. The van der Waals surface area contributed by atoms with E-state index in [4.69, 9.17) is 0 Å². The summed E-state index contributed by atoms with van der Waals surface area (Å²) >= 11 is 0. The Kier molecular flexibility index (Phi) is 4.64. The van der Waals surface area contributed by atoms with Crippen molar-refractivity contribution < 1.29 is 9.18 Å². The first-order valence-corrected chi connectivity index (χ1v) is 10.5. The van der Waals surface area contributed by atoms with Crippen molar-refractivity contribution >= 4 is 22.5 Å². The third-order valence-electron chi connectivity index (χ3n) is 6.64. The Balaban J connectivity index is 1.39. The molecule has 2 aliphatic rings. The zero-order valence-corrected chi connectivity index (χ0v) is 17.3. The van der Waals surface area contributed by atoms with Crippen LogP contribution in [0.3, 0.4) is 0 Å². The summed E-state index contributed by atoms with van der Waals surface area (Å²) in [5.41, 5.74) is 3.02. The summed E-state index contributed by atoms with van der Waals surface area (Å²) in [4.78, 5) is 20.1. The first kappa shape index (κ1) is 19.5. The number of amides is 1. The summed E-state index contributed by atoms with van der Waals surface area (Å²) in [6.45, 7) is 3.76. The number of aromatic nitrogens is 1. The highest BCUT2D eigenvalue weighted by Gasteiger charge is 2.46. The molecule has 2 aromatic carbocycles. The summed E-state index contributed by atoms with van der Waals surface area (Å²) in [5.74, 6) is -0.430. The predicted octanol–water partition coefficient (Wildman–Crippen LogP) is 4.50. The zero-order valence-electron chi connectivity index (χ0n) is 17.3. The van der Waals surface area contributed by atoms with Gasteiger partial charge in [0, 0.05) is 48.0 Å². The fraction of sp³-hybridized carbons (Fsp3) is 0.280. The number of carbonyl (C=O) groups is 1. The number of benzene rings is 2. The number of nitriles is 1. The maximum absolute atomic E-state index is 13.8. The zero-order chi connectivity index (χ0) is 21.6. The van der Waals surface area contributed by atoms with Gasteiger partial charge in [0.25, 0.3) is 5.91 Å². The van der Waals surface area contributed by atoms with E-state index in [1.807, 2.05) is 30.5 Å². The third kappa shape index (κ3) is 3.31. The van der Waals surface area contributed by atoms with Gasteiger partial charge in [-0.2, -0.15) is 5.26 Å². The van der Waals surface area contributed by atoms with Crippen LogP contribution in [-0.2, 0) is 11.3 Å². The Labute approximate surface area is 180 Å². The summed E-state index contributed by atoms with van der Waals surface area (Å²) in [7, 11) is 0. The van der Waals surface area contributed by atoms with Crippen LogP contribution in [0.2, 0.25) is 0 Å². The van der Waals surface area contributed by atoms with Gasteiger partial charge in [-0.3, -0.25) is 14.6 Å². The molecule has 31 heavy (non-hydrogen) atoms. The lowest BCUT2D eigenvalue weighted by molar-refractivity contribution is -0.114. The average molecular weight is 414 g/mol. The number of aromatic amines is 1. The monoisotopic (exact) mass is 414 g/mol. The minimum Gasteiger partial charge on any atom is -0.361 e. The molecule has 1 N–H and O–H groups in total. The van der Waals surface area contributed by atoms with Gasteiger partial charge in [0.2, 0.25) is 0 Å². The highest BCUT2D eigenvalue weighted by atomic mass is 19.1. The standard InChI is InChI=1S/C25H23FN4O/c1-17-13-25(8-7-24(31)30(25)21-4-2-3-20(26)12-21)9-10-29(17)16-19-15-28-23-6-5-18(14-27)11-22(19)23/h2-8,11-12,15,17,28H,9-10,13,16H2,1H3. The van der Waals surface area contributed by atoms with Crippen LogP contribution < -0.4 is 4.90 Å². The minimum atomic E-state index is -0.422. The van der Waals surface area contributed by atoms with Crippen LogP contribution in [0.15, 0.2) is 60.8 Å². The molecule has 6 heteroatoms. The van der Waals surface area contributed by atoms with Gasteiger partial charge in [0.1, 0.15) is 5.82 Å². The van der Waals surface area contributed by atoms with Crippen molar-refractivity contribution in [1.82, 2.24) is 9.88 Å². The molecule has 1 aromatic heterocycles. The number of H-pyrrole nitrogens is 1. The largest absolute Gasteiger partial charge is 0.361 e. The number of piperidine rings is 1. The number of likely N-dealkylation sites (tertiary alicyclic amines) is 1. The number of hydrogen-bond donors (Lipinski definition) is 1. The topological polar surface area (TPSA) is 63.1 Å². The maximum atomic E-state index is 13.8. The number of hydrogen-bond acceptors (Lipinski definition) is 3. The second-order valence-electron chi connectivity index (χ2n) is 8.55. The third-order valence-corrected chi connectivity index (χ3v) is 6.64. The molecule has 0 bridgehead atoms. The lowest BCUT2D eigenvalue weighted by Crippen LogP contribution is -2.56. The second-order valence-corrected chi connectivity index (χ2v) is 8.55. The normalized spacial score (nSPS) is 23.7. The van der Waals surface area contributed by atoms with Crippen LogP contribution in [-0.4, -0.2) is 33.9 Å². The van der Waals surface area contributed by atoms with Gasteiger partial charge < -0.3 is 4.98 Å². The van der Waals surface area contributed by atoms with E-state index < -0.39 is 5.54 Å². The van der Waals surface area contributed by atoms with Crippen LogP contribution in [0, 0.1) is 17.1 Å². The molecule has 1 saturated heterocycles. The second kappa shape index (κ2) is 7.36. The first-order chi connectivity index (χ1) is 15.0. The molecule has 5 rings (SSSR count). The first-order valence-electron chi connectivity index (χ1n) is 10.5. The molecule has 2 unspecified atom stereocenters. The van der Waals surface area contributed by atoms with Gasteiger partial charge in [-0.1, -0.05) is 12.1 Å². The van der Waals surface area contributed by atoms with Crippen LogP contribution in [0.25, 0.3) is 10.9 Å². The Morgan fingerprint density at radius 3 is 2.94 bits per heavy atom. The number of anilines is 1. The van der Waals surface area contributed by atoms with Gasteiger partial charge in [-0.05, 0) is 61.7 Å². The lowest BCUT2D eigenvalue weighted by Gasteiger charge is -2.47. The Morgan fingerprint density at radius 2 is 2.16 bits per heavy atom. The molecule has 1 fully saturated rings. The van der Waals surface area contributed by atoms with E-state index in [9.17, 15) is 14.4 Å². The molecule has 156 valence electrons. The SMILES string of the molecule is CC1CC2(C=CC(=O)N2c2cccc(F)c2)CCN1Cc1c[nH]c2ccc(C#N)cc12. The molecule has 5 nitrogen and oxygen atoms in total. The van der Waals surface area contributed by atoms with Gasteiger partial charge in [-0.25, -0.2) is 4.39 Å². The number of nitrogens with zero attached hydrogens (tertiary/aromatic N) is 3. The van der Waals surface area contributed by atoms with E-state index in [0.29, 0.717) is 11.3 Å². The number of fused-ring (bicyclic) bond motifs is 1. The molecule has 0 aliphatic carbocycles. The number of nitrogens with one attached hydrogen (secondary N) is 1.